The Balaban J connectivity index is 1.82. The maximum absolute atomic E-state index is 5.86. The topological polar surface area (TPSA) is 12.5 Å². The molecule has 2 nitrogen and oxygen atoms in total. The van der Waals surface area contributed by atoms with Crippen molar-refractivity contribution in [3.63, 3.8) is 0 Å². The standard InChI is InChI=1S/C13H15Br2NO/c14-6-9-1-2-10(5-13(9)15)16-7-11-3-4-12(8-16)17-11/h1-2,5,11-12H,3-4,6-8H2. The van der Waals surface area contributed by atoms with Gasteiger partial charge in [0.2, 0.25) is 0 Å². The number of morpholine rings is 1. The minimum absolute atomic E-state index is 0.448. The third-order valence-corrected chi connectivity index (χ3v) is 4.93. The summed E-state index contributed by atoms with van der Waals surface area (Å²) < 4.78 is 7.05. The zero-order chi connectivity index (χ0) is 11.8. The summed E-state index contributed by atoms with van der Waals surface area (Å²) in [6.45, 7) is 2.08. The molecule has 2 saturated heterocycles. The molecule has 2 unspecified atom stereocenters. The Hall–Kier alpha value is -0.0600. The van der Waals surface area contributed by atoms with E-state index in [1.165, 1.54) is 28.6 Å². The third kappa shape index (κ3) is 2.40. The Kier molecular flexibility index (Phi) is 3.46. The largest absolute Gasteiger partial charge is 0.371 e. The predicted molar refractivity (Wildman–Crippen MR) is 76.9 cm³/mol. The van der Waals surface area contributed by atoms with Crippen LogP contribution in [0.5, 0.6) is 0 Å². The monoisotopic (exact) mass is 359 g/mol. The van der Waals surface area contributed by atoms with Crippen molar-refractivity contribution in [2.24, 2.45) is 0 Å². The molecule has 0 radical (unpaired) electrons. The number of nitrogens with zero attached hydrogens (tertiary/aromatic N) is 1. The number of halogens is 2. The van der Waals surface area contributed by atoms with Gasteiger partial charge in [-0.25, -0.2) is 0 Å². The summed E-state index contributed by atoms with van der Waals surface area (Å²) in [5, 5.41) is 0.891. The molecule has 0 saturated carbocycles. The Labute approximate surface area is 119 Å². The fraction of sp³-hybridized carbons (Fsp3) is 0.538. The van der Waals surface area contributed by atoms with E-state index in [2.05, 4.69) is 55.0 Å². The SMILES string of the molecule is BrCc1ccc(N2CC3CCC(C2)O3)cc1Br. The zero-order valence-corrected chi connectivity index (χ0v) is 12.7. The van der Waals surface area contributed by atoms with Gasteiger partial charge in [0.05, 0.1) is 12.2 Å². The van der Waals surface area contributed by atoms with Crippen LogP contribution in [0.2, 0.25) is 0 Å². The molecule has 0 aromatic heterocycles. The number of rotatable bonds is 2. The van der Waals surface area contributed by atoms with Gasteiger partial charge in [0.25, 0.3) is 0 Å². The molecule has 0 spiro atoms. The molecule has 0 amide bonds. The van der Waals surface area contributed by atoms with E-state index in [-0.39, 0.29) is 0 Å². The van der Waals surface area contributed by atoms with Gasteiger partial charge < -0.3 is 9.64 Å². The van der Waals surface area contributed by atoms with Gasteiger partial charge in [-0.3, -0.25) is 0 Å². The van der Waals surface area contributed by atoms with E-state index >= 15 is 0 Å². The van der Waals surface area contributed by atoms with Gasteiger partial charge in [0, 0.05) is 28.6 Å². The molecular formula is C13H15Br2NO. The number of hydrogen-bond acceptors (Lipinski definition) is 2. The molecule has 3 rings (SSSR count). The van der Waals surface area contributed by atoms with Gasteiger partial charge in [-0.05, 0) is 30.5 Å². The van der Waals surface area contributed by atoms with E-state index in [0.29, 0.717) is 12.2 Å². The van der Waals surface area contributed by atoms with Crippen LogP contribution in [0.15, 0.2) is 22.7 Å². The van der Waals surface area contributed by atoms with Gasteiger partial charge in [0.15, 0.2) is 0 Å². The highest BCUT2D eigenvalue weighted by Crippen LogP contribution is 2.32. The van der Waals surface area contributed by atoms with Crippen LogP contribution in [0.1, 0.15) is 18.4 Å². The molecule has 92 valence electrons. The number of fused-ring (bicyclic) bond motifs is 2. The number of ether oxygens (including phenoxy) is 1. The Morgan fingerprint density at radius 2 is 1.94 bits per heavy atom. The number of alkyl halides is 1. The second kappa shape index (κ2) is 4.90. The summed E-state index contributed by atoms with van der Waals surface area (Å²) in [5.74, 6) is 0. The average molecular weight is 361 g/mol. The van der Waals surface area contributed by atoms with E-state index in [1.54, 1.807) is 0 Å². The highest BCUT2D eigenvalue weighted by Gasteiger charge is 2.33. The zero-order valence-electron chi connectivity index (χ0n) is 9.53. The average Bonchev–Trinajstić information content (AvgIpc) is 2.68. The van der Waals surface area contributed by atoms with Gasteiger partial charge in [-0.15, -0.1) is 0 Å². The first kappa shape index (κ1) is 12.0. The Bertz CT molecular complexity index is 412. The quantitative estimate of drug-likeness (QED) is 0.745. The smallest absolute Gasteiger partial charge is 0.0755 e. The van der Waals surface area contributed by atoms with Crippen LogP contribution in [0.4, 0.5) is 5.69 Å². The van der Waals surface area contributed by atoms with E-state index in [0.717, 1.165) is 18.4 Å². The summed E-state index contributed by atoms with van der Waals surface area (Å²) in [6, 6.07) is 6.62. The molecule has 0 aliphatic carbocycles. The van der Waals surface area contributed by atoms with Crippen molar-refractivity contribution in [3.05, 3.63) is 28.2 Å². The minimum Gasteiger partial charge on any atom is -0.371 e. The van der Waals surface area contributed by atoms with Gasteiger partial charge in [-0.2, -0.15) is 0 Å². The highest BCUT2D eigenvalue weighted by atomic mass is 79.9. The summed E-state index contributed by atoms with van der Waals surface area (Å²) in [7, 11) is 0. The van der Waals surface area contributed by atoms with Gasteiger partial charge >= 0.3 is 0 Å². The van der Waals surface area contributed by atoms with Crippen LogP contribution in [0.3, 0.4) is 0 Å². The molecule has 4 heteroatoms. The van der Waals surface area contributed by atoms with Crippen LogP contribution in [0.25, 0.3) is 0 Å². The minimum atomic E-state index is 0.448. The maximum Gasteiger partial charge on any atom is 0.0755 e. The third-order valence-electron chi connectivity index (χ3n) is 3.59. The first-order chi connectivity index (χ1) is 8.26. The lowest BCUT2D eigenvalue weighted by molar-refractivity contribution is 0.0305. The highest BCUT2D eigenvalue weighted by molar-refractivity contribution is 9.10. The Morgan fingerprint density at radius 1 is 1.24 bits per heavy atom. The van der Waals surface area contributed by atoms with Crippen LogP contribution in [-0.2, 0) is 10.1 Å². The van der Waals surface area contributed by atoms with Crippen LogP contribution in [0, 0.1) is 0 Å². The molecule has 0 N–H and O–H groups in total. The van der Waals surface area contributed by atoms with E-state index in [4.69, 9.17) is 4.74 Å². The summed E-state index contributed by atoms with van der Waals surface area (Å²) in [6.07, 6.45) is 3.34. The molecule has 2 bridgehead atoms. The van der Waals surface area contributed by atoms with Gasteiger partial charge in [0.1, 0.15) is 0 Å². The van der Waals surface area contributed by atoms with Crippen LogP contribution >= 0.6 is 31.9 Å². The molecule has 2 aliphatic heterocycles. The summed E-state index contributed by atoms with van der Waals surface area (Å²) in [5.41, 5.74) is 2.60. The lowest BCUT2D eigenvalue weighted by Crippen LogP contribution is -2.42. The van der Waals surface area contributed by atoms with Gasteiger partial charge in [-0.1, -0.05) is 37.9 Å². The normalized spacial score (nSPS) is 27.5. The van der Waals surface area contributed by atoms with Crippen molar-refractivity contribution in [2.75, 3.05) is 18.0 Å². The first-order valence-electron chi connectivity index (χ1n) is 6.01. The molecule has 2 heterocycles. The second-order valence-electron chi connectivity index (χ2n) is 4.77. The van der Waals surface area contributed by atoms with Crippen molar-refractivity contribution in [3.8, 4) is 0 Å². The molecule has 2 aliphatic rings. The molecule has 1 aromatic carbocycles. The fourth-order valence-electron chi connectivity index (χ4n) is 2.67. The van der Waals surface area contributed by atoms with E-state index < -0.39 is 0 Å². The molecule has 2 atom stereocenters. The summed E-state index contributed by atoms with van der Waals surface area (Å²) >= 11 is 7.13. The second-order valence-corrected chi connectivity index (χ2v) is 6.19. The lowest BCUT2D eigenvalue weighted by Gasteiger charge is -2.34. The van der Waals surface area contributed by atoms with Crippen LogP contribution < -0.4 is 4.90 Å². The first-order valence-corrected chi connectivity index (χ1v) is 7.92. The number of benzene rings is 1. The lowest BCUT2D eigenvalue weighted by atomic mass is 10.2. The number of anilines is 1. The predicted octanol–water partition coefficient (Wildman–Crippen LogP) is 3.71. The molecule has 17 heavy (non-hydrogen) atoms. The van der Waals surface area contributed by atoms with Crippen LogP contribution in [-0.4, -0.2) is 25.3 Å². The molecule has 2 fully saturated rings. The van der Waals surface area contributed by atoms with Crippen molar-refractivity contribution in [1.82, 2.24) is 0 Å². The van der Waals surface area contributed by atoms with E-state index in [9.17, 15) is 0 Å². The molecule has 1 aromatic rings. The maximum atomic E-state index is 5.86. The van der Waals surface area contributed by atoms with Crippen molar-refractivity contribution >= 4 is 37.5 Å². The Morgan fingerprint density at radius 3 is 2.53 bits per heavy atom. The van der Waals surface area contributed by atoms with E-state index in [1.807, 2.05) is 0 Å². The fourth-order valence-corrected chi connectivity index (χ4v) is 4.04. The van der Waals surface area contributed by atoms with Crippen molar-refractivity contribution < 1.29 is 4.74 Å². The summed E-state index contributed by atoms with van der Waals surface area (Å²) in [4.78, 5) is 2.45. The molecular weight excluding hydrogens is 346 g/mol. The number of hydrogen-bond donors (Lipinski definition) is 0. The van der Waals surface area contributed by atoms with Crippen molar-refractivity contribution in [2.45, 2.75) is 30.4 Å². The van der Waals surface area contributed by atoms with Crippen molar-refractivity contribution in [1.29, 1.82) is 0 Å².